The molecule has 1 aromatic heterocycles. The summed E-state index contributed by atoms with van der Waals surface area (Å²) in [6.45, 7) is 7.88. The Labute approximate surface area is 112 Å². The number of hydrogen-bond acceptors (Lipinski definition) is 2. The van der Waals surface area contributed by atoms with E-state index in [9.17, 15) is 10.1 Å². The maximum Gasteiger partial charge on any atom is 0.266 e. The highest BCUT2D eigenvalue weighted by molar-refractivity contribution is 5.76. The Morgan fingerprint density at radius 1 is 1.05 bits per heavy atom. The van der Waals surface area contributed by atoms with Crippen LogP contribution in [-0.2, 0) is 0 Å². The van der Waals surface area contributed by atoms with Gasteiger partial charge in [-0.1, -0.05) is 17.7 Å². The molecule has 19 heavy (non-hydrogen) atoms. The first-order chi connectivity index (χ1) is 8.93. The Balaban J connectivity index is 2.88. The molecule has 0 aliphatic rings. The van der Waals surface area contributed by atoms with E-state index in [0.29, 0.717) is 0 Å². The fourth-order valence-electron chi connectivity index (χ4n) is 2.60. The lowest BCUT2D eigenvalue weighted by Gasteiger charge is -2.13. The number of nitrogens with one attached hydrogen (secondary N) is 1. The predicted molar refractivity (Wildman–Crippen MR) is 76.2 cm³/mol. The first-order valence-corrected chi connectivity index (χ1v) is 6.16. The van der Waals surface area contributed by atoms with Crippen molar-refractivity contribution in [3.05, 3.63) is 56.5 Å². The molecule has 0 bridgehead atoms. The zero-order valence-corrected chi connectivity index (χ0v) is 11.6. The average molecular weight is 252 g/mol. The quantitative estimate of drug-likeness (QED) is 0.847. The first kappa shape index (κ1) is 13.1. The SMILES string of the molecule is Cc1cc(C)c(-c2cc(C)[nH]c(=O)c2C#N)c(C)c1. The summed E-state index contributed by atoms with van der Waals surface area (Å²) in [4.78, 5) is 14.5. The second kappa shape index (κ2) is 4.74. The highest BCUT2D eigenvalue weighted by Gasteiger charge is 2.14. The van der Waals surface area contributed by atoms with Gasteiger partial charge in [-0.25, -0.2) is 0 Å². The van der Waals surface area contributed by atoms with Crippen molar-refractivity contribution in [2.75, 3.05) is 0 Å². The summed E-state index contributed by atoms with van der Waals surface area (Å²) in [5.74, 6) is 0. The molecule has 3 heteroatoms. The van der Waals surface area contributed by atoms with Gasteiger partial charge in [0.1, 0.15) is 11.6 Å². The number of H-pyrrole nitrogens is 1. The molecule has 1 N–H and O–H groups in total. The molecule has 0 spiro atoms. The van der Waals surface area contributed by atoms with Crippen LogP contribution in [0.15, 0.2) is 23.0 Å². The highest BCUT2D eigenvalue weighted by atomic mass is 16.1. The van der Waals surface area contributed by atoms with Crippen molar-refractivity contribution in [2.45, 2.75) is 27.7 Å². The lowest BCUT2D eigenvalue weighted by Crippen LogP contribution is -2.13. The Morgan fingerprint density at radius 2 is 1.63 bits per heavy atom. The van der Waals surface area contributed by atoms with Gasteiger partial charge in [-0.3, -0.25) is 4.79 Å². The molecule has 0 aliphatic carbocycles. The Bertz CT molecular complexity index is 725. The molecule has 2 rings (SSSR count). The van der Waals surface area contributed by atoms with Gasteiger partial charge in [0.15, 0.2) is 0 Å². The average Bonchev–Trinajstić information content (AvgIpc) is 2.26. The van der Waals surface area contributed by atoms with Crippen LogP contribution in [0.5, 0.6) is 0 Å². The summed E-state index contributed by atoms with van der Waals surface area (Å²) < 4.78 is 0. The van der Waals surface area contributed by atoms with E-state index in [0.717, 1.165) is 27.9 Å². The maximum absolute atomic E-state index is 11.9. The lowest BCUT2D eigenvalue weighted by molar-refractivity contribution is 1.13. The van der Waals surface area contributed by atoms with Crippen molar-refractivity contribution in [1.82, 2.24) is 4.98 Å². The van der Waals surface area contributed by atoms with E-state index in [2.05, 4.69) is 17.1 Å². The molecule has 1 aromatic carbocycles. The van der Waals surface area contributed by atoms with Gasteiger partial charge < -0.3 is 4.98 Å². The van der Waals surface area contributed by atoms with Crippen molar-refractivity contribution in [3.8, 4) is 17.2 Å². The van der Waals surface area contributed by atoms with Gasteiger partial charge in [-0.15, -0.1) is 0 Å². The van der Waals surface area contributed by atoms with Gasteiger partial charge in [0.25, 0.3) is 5.56 Å². The second-order valence-electron chi connectivity index (χ2n) is 4.96. The zero-order valence-electron chi connectivity index (χ0n) is 11.6. The molecule has 0 saturated heterocycles. The number of aromatic amines is 1. The number of rotatable bonds is 1. The maximum atomic E-state index is 11.9. The van der Waals surface area contributed by atoms with Crippen LogP contribution in [-0.4, -0.2) is 4.98 Å². The number of hydrogen-bond donors (Lipinski definition) is 1. The van der Waals surface area contributed by atoms with Crippen LogP contribution in [0.4, 0.5) is 0 Å². The van der Waals surface area contributed by atoms with Crippen LogP contribution in [0.2, 0.25) is 0 Å². The van der Waals surface area contributed by atoms with Crippen LogP contribution in [0.25, 0.3) is 11.1 Å². The number of pyridine rings is 1. The number of aromatic nitrogens is 1. The second-order valence-corrected chi connectivity index (χ2v) is 4.96. The normalized spacial score (nSPS) is 10.3. The van der Waals surface area contributed by atoms with E-state index < -0.39 is 0 Å². The molecule has 0 unspecified atom stereocenters. The monoisotopic (exact) mass is 252 g/mol. The molecule has 3 nitrogen and oxygen atoms in total. The largest absolute Gasteiger partial charge is 0.325 e. The van der Waals surface area contributed by atoms with Gasteiger partial charge in [-0.2, -0.15) is 5.26 Å². The Kier molecular flexibility index (Phi) is 3.26. The van der Waals surface area contributed by atoms with E-state index in [1.54, 1.807) is 0 Å². The summed E-state index contributed by atoms with van der Waals surface area (Å²) >= 11 is 0. The molecule has 0 fully saturated rings. The van der Waals surface area contributed by atoms with Crippen LogP contribution in [0, 0.1) is 39.0 Å². The third-order valence-electron chi connectivity index (χ3n) is 3.23. The summed E-state index contributed by atoms with van der Waals surface area (Å²) in [6, 6.07) is 8.02. The van der Waals surface area contributed by atoms with Crippen LogP contribution < -0.4 is 5.56 Å². The summed E-state index contributed by atoms with van der Waals surface area (Å²) in [6.07, 6.45) is 0. The molecule has 2 aromatic rings. The molecule has 1 heterocycles. The fourth-order valence-corrected chi connectivity index (χ4v) is 2.60. The van der Waals surface area contributed by atoms with E-state index in [1.807, 2.05) is 39.8 Å². The zero-order chi connectivity index (χ0) is 14.2. The summed E-state index contributed by atoms with van der Waals surface area (Å²) in [7, 11) is 0. The minimum atomic E-state index is -0.322. The van der Waals surface area contributed by atoms with Crippen LogP contribution in [0.3, 0.4) is 0 Å². The molecule has 0 saturated carbocycles. The van der Waals surface area contributed by atoms with E-state index >= 15 is 0 Å². The van der Waals surface area contributed by atoms with Crippen molar-refractivity contribution in [2.24, 2.45) is 0 Å². The molecule has 0 amide bonds. The summed E-state index contributed by atoms with van der Waals surface area (Å²) in [5, 5.41) is 9.22. The van der Waals surface area contributed by atoms with E-state index in [4.69, 9.17) is 0 Å². The number of nitriles is 1. The standard InChI is InChI=1S/C16H16N2O/c1-9-5-10(2)15(11(3)6-9)13-7-12(4)18-16(19)14(13)8-17/h5-7H,1-4H3,(H,18,19). The fraction of sp³-hybridized carbons (Fsp3) is 0.250. The van der Waals surface area contributed by atoms with Gasteiger partial charge in [0.2, 0.25) is 0 Å². The predicted octanol–water partition coefficient (Wildman–Crippen LogP) is 3.15. The molecular weight excluding hydrogens is 236 g/mol. The minimum absolute atomic E-state index is 0.181. The molecule has 96 valence electrons. The van der Waals surface area contributed by atoms with Crippen molar-refractivity contribution in [1.29, 1.82) is 5.26 Å². The molecule has 0 radical (unpaired) electrons. The van der Waals surface area contributed by atoms with Gasteiger partial charge in [-0.05, 0) is 50.5 Å². The Hall–Kier alpha value is -2.34. The molecule has 0 atom stereocenters. The van der Waals surface area contributed by atoms with Gasteiger partial charge >= 0.3 is 0 Å². The number of benzene rings is 1. The Morgan fingerprint density at radius 3 is 2.16 bits per heavy atom. The number of nitrogens with zero attached hydrogens (tertiary/aromatic N) is 1. The topological polar surface area (TPSA) is 56.6 Å². The third kappa shape index (κ3) is 2.30. The van der Waals surface area contributed by atoms with E-state index in [1.165, 1.54) is 5.56 Å². The third-order valence-corrected chi connectivity index (χ3v) is 3.23. The summed E-state index contributed by atoms with van der Waals surface area (Å²) in [5.41, 5.74) is 5.67. The van der Waals surface area contributed by atoms with Gasteiger partial charge in [0, 0.05) is 11.3 Å². The molecular formula is C16H16N2O. The first-order valence-electron chi connectivity index (χ1n) is 6.16. The lowest BCUT2D eigenvalue weighted by atomic mass is 9.91. The molecule has 0 aliphatic heterocycles. The van der Waals surface area contributed by atoms with Gasteiger partial charge in [0.05, 0.1) is 0 Å². The minimum Gasteiger partial charge on any atom is -0.325 e. The number of aryl methyl sites for hydroxylation is 4. The van der Waals surface area contributed by atoms with E-state index in [-0.39, 0.29) is 11.1 Å². The van der Waals surface area contributed by atoms with Crippen molar-refractivity contribution in [3.63, 3.8) is 0 Å². The van der Waals surface area contributed by atoms with Crippen molar-refractivity contribution < 1.29 is 0 Å². The van der Waals surface area contributed by atoms with Crippen LogP contribution in [0.1, 0.15) is 27.9 Å². The van der Waals surface area contributed by atoms with Crippen molar-refractivity contribution >= 4 is 0 Å². The smallest absolute Gasteiger partial charge is 0.266 e. The highest BCUT2D eigenvalue weighted by Crippen LogP contribution is 2.29. The van der Waals surface area contributed by atoms with Crippen LogP contribution >= 0.6 is 0 Å².